The number of benzene rings is 1. The number of halogens is 1. The van der Waals surface area contributed by atoms with Gasteiger partial charge in [0, 0.05) is 31.4 Å². The van der Waals surface area contributed by atoms with Gasteiger partial charge in [-0.1, -0.05) is 29.8 Å². The molecule has 0 spiro atoms. The second-order valence-corrected chi connectivity index (χ2v) is 4.52. The third kappa shape index (κ3) is 3.37. The lowest BCUT2D eigenvalue weighted by Crippen LogP contribution is -2.26. The fraction of sp³-hybridized carbons (Fsp3) is 0.200. The second kappa shape index (κ2) is 5.61. The van der Waals surface area contributed by atoms with Crippen LogP contribution >= 0.6 is 0 Å². The van der Waals surface area contributed by atoms with Crippen LogP contribution in [0.15, 0.2) is 42.6 Å². The fourth-order valence-corrected chi connectivity index (χ4v) is 1.91. The fourth-order valence-electron chi connectivity index (χ4n) is 1.91. The number of carbonyl (C=O) groups excluding carboxylic acids is 1. The van der Waals surface area contributed by atoms with Crippen LogP contribution in [-0.4, -0.2) is 22.8 Å². The average Bonchev–Trinajstić information content (AvgIpc) is 2.38. The van der Waals surface area contributed by atoms with Crippen molar-refractivity contribution in [2.24, 2.45) is 0 Å². The highest BCUT2D eigenvalue weighted by atomic mass is 19.1. The minimum atomic E-state index is -0.644. The van der Waals surface area contributed by atoms with Crippen molar-refractivity contribution >= 4 is 5.91 Å². The Morgan fingerprint density at radius 3 is 2.79 bits per heavy atom. The Labute approximate surface area is 111 Å². The van der Waals surface area contributed by atoms with E-state index in [0.717, 1.165) is 17.2 Å². The number of rotatable bonds is 3. The standard InChI is InChI=1S/C15H15FN2O/c1-11-4-3-5-12(8-11)10-18(2)15(19)13-6-7-17-14(16)9-13/h3-9H,10H2,1-2H3. The number of hydrogen-bond donors (Lipinski definition) is 0. The summed E-state index contributed by atoms with van der Waals surface area (Å²) in [6.45, 7) is 2.49. The molecule has 0 aliphatic carbocycles. The summed E-state index contributed by atoms with van der Waals surface area (Å²) in [5, 5.41) is 0. The summed E-state index contributed by atoms with van der Waals surface area (Å²) >= 11 is 0. The first-order valence-electron chi connectivity index (χ1n) is 5.99. The number of hydrogen-bond acceptors (Lipinski definition) is 2. The number of carbonyl (C=O) groups is 1. The van der Waals surface area contributed by atoms with Gasteiger partial charge in [-0.3, -0.25) is 4.79 Å². The maximum Gasteiger partial charge on any atom is 0.254 e. The van der Waals surface area contributed by atoms with Crippen molar-refractivity contribution in [3.63, 3.8) is 0 Å². The molecule has 0 saturated heterocycles. The molecule has 1 heterocycles. The van der Waals surface area contributed by atoms with E-state index in [-0.39, 0.29) is 5.91 Å². The van der Waals surface area contributed by atoms with Gasteiger partial charge in [-0.05, 0) is 18.6 Å². The Balaban J connectivity index is 2.12. The summed E-state index contributed by atoms with van der Waals surface area (Å²) in [5.41, 5.74) is 2.50. The molecule has 0 N–H and O–H groups in total. The van der Waals surface area contributed by atoms with E-state index < -0.39 is 5.95 Å². The second-order valence-electron chi connectivity index (χ2n) is 4.52. The number of amides is 1. The summed E-state index contributed by atoms with van der Waals surface area (Å²) < 4.78 is 13.0. The largest absolute Gasteiger partial charge is 0.337 e. The van der Waals surface area contributed by atoms with Crippen molar-refractivity contribution in [3.8, 4) is 0 Å². The Hall–Kier alpha value is -2.23. The molecule has 2 aromatic rings. The summed E-state index contributed by atoms with van der Waals surface area (Å²) in [6.07, 6.45) is 1.29. The zero-order chi connectivity index (χ0) is 13.8. The van der Waals surface area contributed by atoms with Crippen molar-refractivity contribution in [3.05, 3.63) is 65.2 Å². The number of nitrogens with zero attached hydrogens (tertiary/aromatic N) is 2. The Bertz CT molecular complexity index is 598. The third-order valence-corrected chi connectivity index (χ3v) is 2.82. The molecule has 0 saturated carbocycles. The van der Waals surface area contributed by atoms with E-state index in [0.29, 0.717) is 12.1 Å². The van der Waals surface area contributed by atoms with Crippen molar-refractivity contribution in [1.82, 2.24) is 9.88 Å². The van der Waals surface area contributed by atoms with Crippen LogP contribution in [0, 0.1) is 12.9 Å². The van der Waals surface area contributed by atoms with Crippen molar-refractivity contribution < 1.29 is 9.18 Å². The monoisotopic (exact) mass is 258 g/mol. The van der Waals surface area contributed by atoms with Gasteiger partial charge in [-0.2, -0.15) is 4.39 Å². The van der Waals surface area contributed by atoms with Gasteiger partial charge in [-0.15, -0.1) is 0 Å². The lowest BCUT2D eigenvalue weighted by Gasteiger charge is -2.17. The van der Waals surface area contributed by atoms with E-state index in [1.807, 2.05) is 31.2 Å². The average molecular weight is 258 g/mol. The quantitative estimate of drug-likeness (QED) is 0.793. The molecular weight excluding hydrogens is 243 g/mol. The minimum absolute atomic E-state index is 0.220. The highest BCUT2D eigenvalue weighted by molar-refractivity contribution is 5.93. The van der Waals surface area contributed by atoms with Gasteiger partial charge in [0.2, 0.25) is 5.95 Å². The maximum atomic E-state index is 13.0. The molecule has 0 fully saturated rings. The molecule has 0 atom stereocenters. The number of aromatic nitrogens is 1. The lowest BCUT2D eigenvalue weighted by molar-refractivity contribution is 0.0784. The van der Waals surface area contributed by atoms with Crippen molar-refractivity contribution in [2.45, 2.75) is 13.5 Å². The van der Waals surface area contributed by atoms with Gasteiger partial charge in [0.15, 0.2) is 0 Å². The molecule has 19 heavy (non-hydrogen) atoms. The predicted octanol–water partition coefficient (Wildman–Crippen LogP) is 2.80. The van der Waals surface area contributed by atoms with Crippen LogP contribution in [0.1, 0.15) is 21.5 Å². The van der Waals surface area contributed by atoms with E-state index in [1.165, 1.54) is 12.3 Å². The van der Waals surface area contributed by atoms with Gasteiger partial charge in [0.05, 0.1) is 0 Å². The third-order valence-electron chi connectivity index (χ3n) is 2.82. The molecule has 1 aromatic carbocycles. The molecule has 0 radical (unpaired) electrons. The molecule has 0 aliphatic rings. The van der Waals surface area contributed by atoms with Gasteiger partial charge in [-0.25, -0.2) is 4.98 Å². The SMILES string of the molecule is Cc1cccc(CN(C)C(=O)c2ccnc(F)c2)c1. The molecular formula is C15H15FN2O. The van der Waals surface area contributed by atoms with Crippen LogP contribution in [0.25, 0.3) is 0 Å². The van der Waals surface area contributed by atoms with Crippen molar-refractivity contribution in [1.29, 1.82) is 0 Å². The maximum absolute atomic E-state index is 13.0. The molecule has 98 valence electrons. The molecule has 1 amide bonds. The smallest absolute Gasteiger partial charge is 0.254 e. The molecule has 4 heteroatoms. The van der Waals surface area contributed by atoms with Crippen molar-refractivity contribution in [2.75, 3.05) is 7.05 Å². The van der Waals surface area contributed by atoms with Crippen LogP contribution < -0.4 is 0 Å². The zero-order valence-corrected chi connectivity index (χ0v) is 10.9. The molecule has 0 aliphatic heterocycles. The van der Waals surface area contributed by atoms with Crippen LogP contribution in [0.3, 0.4) is 0 Å². The van der Waals surface area contributed by atoms with E-state index >= 15 is 0 Å². The Morgan fingerprint density at radius 2 is 2.11 bits per heavy atom. The molecule has 3 nitrogen and oxygen atoms in total. The van der Waals surface area contributed by atoms with Gasteiger partial charge in [0.1, 0.15) is 0 Å². The zero-order valence-electron chi connectivity index (χ0n) is 10.9. The molecule has 1 aromatic heterocycles. The highest BCUT2D eigenvalue weighted by Crippen LogP contribution is 2.10. The van der Waals surface area contributed by atoms with Gasteiger partial charge in [0.25, 0.3) is 5.91 Å². The van der Waals surface area contributed by atoms with Crippen LogP contribution in [-0.2, 0) is 6.54 Å². The first-order valence-corrected chi connectivity index (χ1v) is 5.99. The molecule has 0 unspecified atom stereocenters. The first kappa shape index (κ1) is 13.2. The topological polar surface area (TPSA) is 33.2 Å². The van der Waals surface area contributed by atoms with Gasteiger partial charge < -0.3 is 4.90 Å². The number of aryl methyl sites for hydroxylation is 1. The van der Waals surface area contributed by atoms with Crippen LogP contribution in [0.5, 0.6) is 0 Å². The first-order chi connectivity index (χ1) is 9.06. The normalized spacial score (nSPS) is 10.3. The lowest BCUT2D eigenvalue weighted by atomic mass is 10.1. The minimum Gasteiger partial charge on any atom is -0.337 e. The predicted molar refractivity (Wildman–Crippen MR) is 71.2 cm³/mol. The van der Waals surface area contributed by atoms with E-state index in [2.05, 4.69) is 4.98 Å². The summed E-state index contributed by atoms with van der Waals surface area (Å²) in [6, 6.07) is 10.6. The summed E-state index contributed by atoms with van der Waals surface area (Å²) in [7, 11) is 1.70. The van der Waals surface area contributed by atoms with E-state index in [1.54, 1.807) is 11.9 Å². The van der Waals surface area contributed by atoms with Gasteiger partial charge >= 0.3 is 0 Å². The Morgan fingerprint density at radius 1 is 1.32 bits per heavy atom. The molecule has 0 bridgehead atoms. The summed E-state index contributed by atoms with van der Waals surface area (Å²) in [4.78, 5) is 17.1. The van der Waals surface area contributed by atoms with E-state index in [4.69, 9.17) is 0 Å². The highest BCUT2D eigenvalue weighted by Gasteiger charge is 2.12. The molecule has 2 rings (SSSR count). The summed E-state index contributed by atoms with van der Waals surface area (Å²) in [5.74, 6) is -0.863. The Kier molecular flexibility index (Phi) is 3.90. The van der Waals surface area contributed by atoms with E-state index in [9.17, 15) is 9.18 Å². The van der Waals surface area contributed by atoms with Crippen LogP contribution in [0.4, 0.5) is 4.39 Å². The number of pyridine rings is 1. The van der Waals surface area contributed by atoms with Crippen LogP contribution in [0.2, 0.25) is 0 Å².